The molecule has 0 spiro atoms. The minimum atomic E-state index is -0.657. The van der Waals surface area contributed by atoms with E-state index >= 15 is 0 Å². The molecule has 2 atom stereocenters. The fraction of sp³-hybridized carbons (Fsp3) is 0.784. The second-order valence-corrected chi connectivity index (χ2v) is 16.2. The average Bonchev–Trinajstić information content (AvgIpc) is 3.19. The Hall–Kier alpha value is -1.91. The molecule has 4 nitrogen and oxygen atoms in total. The number of carbonyl (C=O) groups excluding carboxylic acids is 1. The van der Waals surface area contributed by atoms with Crippen LogP contribution in [0.4, 0.5) is 0 Å². The van der Waals surface area contributed by atoms with Crippen LogP contribution in [0.3, 0.4) is 0 Å². The highest BCUT2D eigenvalue weighted by atomic mass is 16.3. The zero-order valence-electron chi connectivity index (χ0n) is 36.7. The smallest absolute Gasteiger partial charge is 0.220 e. The lowest BCUT2D eigenvalue weighted by atomic mass is 10.0. The zero-order chi connectivity index (χ0) is 40.0. The van der Waals surface area contributed by atoms with E-state index in [-0.39, 0.29) is 12.5 Å². The van der Waals surface area contributed by atoms with Gasteiger partial charge in [0.15, 0.2) is 0 Å². The first-order valence-electron chi connectivity index (χ1n) is 24.0. The summed E-state index contributed by atoms with van der Waals surface area (Å²) in [6.45, 7) is 4.23. The van der Waals surface area contributed by atoms with E-state index in [0.717, 1.165) is 57.8 Å². The number of nitrogens with one attached hydrogen (secondary N) is 1. The Balaban J connectivity index is 3.44. The molecule has 0 aromatic heterocycles. The SMILES string of the molecule is CC/C=C\C/C=C\C/C=C\C/C=C\C/C=C\CCCCCCCCCCCCCCCCCCCC(=O)NC(CO)C(O)CCCCCCCCCCCC. The van der Waals surface area contributed by atoms with Gasteiger partial charge in [-0.1, -0.05) is 235 Å². The summed E-state index contributed by atoms with van der Waals surface area (Å²) in [6, 6.07) is -0.535. The summed E-state index contributed by atoms with van der Waals surface area (Å²) in [5.41, 5.74) is 0. The Bertz CT molecular complexity index is 919. The predicted octanol–water partition coefficient (Wildman–Crippen LogP) is 15.3. The van der Waals surface area contributed by atoms with Crippen molar-refractivity contribution >= 4 is 5.91 Å². The molecule has 0 saturated heterocycles. The highest BCUT2D eigenvalue weighted by molar-refractivity contribution is 5.76. The van der Waals surface area contributed by atoms with Gasteiger partial charge in [0.25, 0.3) is 0 Å². The van der Waals surface area contributed by atoms with Crippen molar-refractivity contribution in [2.75, 3.05) is 6.61 Å². The Morgan fingerprint density at radius 2 is 0.800 bits per heavy atom. The van der Waals surface area contributed by atoms with Crippen LogP contribution in [0.15, 0.2) is 60.8 Å². The van der Waals surface area contributed by atoms with Crippen LogP contribution in [0.5, 0.6) is 0 Å². The van der Waals surface area contributed by atoms with Crippen LogP contribution in [-0.4, -0.2) is 34.9 Å². The Kier molecular flexibility index (Phi) is 44.9. The maximum atomic E-state index is 12.4. The first-order chi connectivity index (χ1) is 27.2. The number of hydrogen-bond donors (Lipinski definition) is 3. The van der Waals surface area contributed by atoms with Crippen LogP contribution in [0.25, 0.3) is 0 Å². The van der Waals surface area contributed by atoms with Crippen molar-refractivity contribution in [3.8, 4) is 0 Å². The molecule has 320 valence electrons. The molecule has 0 radical (unpaired) electrons. The molecule has 2 unspecified atom stereocenters. The number of amides is 1. The summed E-state index contributed by atoms with van der Waals surface area (Å²) in [7, 11) is 0. The quantitative estimate of drug-likeness (QED) is 0.0427. The minimum absolute atomic E-state index is 0.0331. The summed E-state index contributed by atoms with van der Waals surface area (Å²) >= 11 is 0. The molecule has 1 amide bonds. The third-order valence-corrected chi connectivity index (χ3v) is 10.8. The van der Waals surface area contributed by atoms with E-state index in [1.807, 2.05) is 0 Å². The van der Waals surface area contributed by atoms with E-state index < -0.39 is 12.1 Å². The molecular weight excluding hydrogens is 675 g/mol. The van der Waals surface area contributed by atoms with Gasteiger partial charge < -0.3 is 15.5 Å². The highest BCUT2D eigenvalue weighted by Crippen LogP contribution is 2.16. The Labute approximate surface area is 343 Å². The molecule has 0 saturated carbocycles. The molecule has 0 aromatic carbocycles. The van der Waals surface area contributed by atoms with E-state index in [1.165, 1.54) is 154 Å². The van der Waals surface area contributed by atoms with Gasteiger partial charge in [-0.25, -0.2) is 0 Å². The summed E-state index contributed by atoms with van der Waals surface area (Å²) in [5.74, 6) is -0.0331. The van der Waals surface area contributed by atoms with Gasteiger partial charge in [-0.3, -0.25) is 4.79 Å². The third-order valence-electron chi connectivity index (χ3n) is 10.8. The van der Waals surface area contributed by atoms with Crippen molar-refractivity contribution in [3.63, 3.8) is 0 Å². The van der Waals surface area contributed by atoms with Gasteiger partial charge in [0, 0.05) is 6.42 Å². The molecule has 0 fully saturated rings. The van der Waals surface area contributed by atoms with Crippen molar-refractivity contribution in [1.29, 1.82) is 0 Å². The van der Waals surface area contributed by atoms with Crippen molar-refractivity contribution in [2.24, 2.45) is 0 Å². The maximum Gasteiger partial charge on any atom is 0.220 e. The standard InChI is InChI=1S/C51H93NO3/c1-3-5-7-9-11-13-15-16-17-18-19-20-21-22-23-24-25-26-27-28-29-30-31-32-33-34-35-36-37-39-41-43-45-47-51(55)52-49(48-53)50(54)46-44-42-40-38-14-12-10-8-6-4-2/h5,7,11,13,16-17,19-20,22-23,49-50,53-54H,3-4,6,8-10,12,14-15,18,21,24-48H2,1-2H3,(H,52,55)/b7-5-,13-11-,17-16-,20-19-,23-22-. The van der Waals surface area contributed by atoms with Gasteiger partial charge in [0.1, 0.15) is 0 Å². The monoisotopic (exact) mass is 768 g/mol. The lowest BCUT2D eigenvalue weighted by molar-refractivity contribution is -0.123. The summed E-state index contributed by atoms with van der Waals surface area (Å²) in [6.07, 6.45) is 64.7. The van der Waals surface area contributed by atoms with Crippen molar-refractivity contribution in [3.05, 3.63) is 60.8 Å². The molecule has 0 aliphatic rings. The number of carbonyl (C=O) groups is 1. The summed E-state index contributed by atoms with van der Waals surface area (Å²) < 4.78 is 0. The number of allylic oxidation sites excluding steroid dienone is 10. The van der Waals surface area contributed by atoms with Crippen molar-refractivity contribution in [2.45, 2.75) is 251 Å². The highest BCUT2D eigenvalue weighted by Gasteiger charge is 2.20. The van der Waals surface area contributed by atoms with E-state index in [0.29, 0.717) is 12.8 Å². The second kappa shape index (κ2) is 46.5. The number of aliphatic hydroxyl groups is 2. The van der Waals surface area contributed by atoms with Crippen LogP contribution in [0, 0.1) is 0 Å². The molecule has 0 bridgehead atoms. The third kappa shape index (κ3) is 43.1. The number of unbranched alkanes of at least 4 members (excludes halogenated alkanes) is 26. The van der Waals surface area contributed by atoms with Crippen LogP contribution in [-0.2, 0) is 4.79 Å². The molecule has 3 N–H and O–H groups in total. The predicted molar refractivity (Wildman–Crippen MR) is 244 cm³/mol. The lowest BCUT2D eigenvalue weighted by Crippen LogP contribution is -2.45. The van der Waals surface area contributed by atoms with Crippen LogP contribution < -0.4 is 5.32 Å². The fourth-order valence-corrected chi connectivity index (χ4v) is 7.15. The summed E-state index contributed by atoms with van der Waals surface area (Å²) in [4.78, 5) is 12.4. The molecule has 0 rings (SSSR count). The first kappa shape index (κ1) is 53.1. The van der Waals surface area contributed by atoms with Crippen LogP contribution >= 0.6 is 0 Å². The number of hydrogen-bond acceptors (Lipinski definition) is 3. The molecule has 0 heterocycles. The normalized spacial score (nSPS) is 13.5. The van der Waals surface area contributed by atoms with E-state index in [4.69, 9.17) is 0 Å². The van der Waals surface area contributed by atoms with Gasteiger partial charge >= 0.3 is 0 Å². The number of rotatable bonds is 43. The molecule has 4 heteroatoms. The number of aliphatic hydroxyl groups excluding tert-OH is 2. The molecule has 0 aliphatic heterocycles. The lowest BCUT2D eigenvalue weighted by Gasteiger charge is -2.22. The van der Waals surface area contributed by atoms with Crippen LogP contribution in [0.2, 0.25) is 0 Å². The van der Waals surface area contributed by atoms with Gasteiger partial charge in [0.05, 0.1) is 18.8 Å². The average molecular weight is 768 g/mol. The van der Waals surface area contributed by atoms with Gasteiger partial charge in [-0.05, 0) is 57.8 Å². The van der Waals surface area contributed by atoms with E-state index in [2.05, 4.69) is 79.9 Å². The molecule has 0 aromatic rings. The van der Waals surface area contributed by atoms with Gasteiger partial charge in [-0.15, -0.1) is 0 Å². The van der Waals surface area contributed by atoms with Crippen LogP contribution in [0.1, 0.15) is 239 Å². The van der Waals surface area contributed by atoms with Crippen molar-refractivity contribution in [1.82, 2.24) is 5.32 Å². The Morgan fingerprint density at radius 3 is 1.20 bits per heavy atom. The van der Waals surface area contributed by atoms with E-state index in [1.54, 1.807) is 0 Å². The second-order valence-electron chi connectivity index (χ2n) is 16.2. The first-order valence-corrected chi connectivity index (χ1v) is 24.0. The zero-order valence-corrected chi connectivity index (χ0v) is 36.7. The Morgan fingerprint density at radius 1 is 0.455 bits per heavy atom. The fourth-order valence-electron chi connectivity index (χ4n) is 7.15. The largest absolute Gasteiger partial charge is 0.394 e. The van der Waals surface area contributed by atoms with Gasteiger partial charge in [0.2, 0.25) is 5.91 Å². The molecule has 55 heavy (non-hydrogen) atoms. The van der Waals surface area contributed by atoms with Crippen molar-refractivity contribution < 1.29 is 15.0 Å². The summed E-state index contributed by atoms with van der Waals surface area (Å²) in [5, 5.41) is 23.1. The molecule has 0 aliphatic carbocycles. The topological polar surface area (TPSA) is 69.6 Å². The van der Waals surface area contributed by atoms with E-state index in [9.17, 15) is 15.0 Å². The maximum absolute atomic E-state index is 12.4. The van der Waals surface area contributed by atoms with Gasteiger partial charge in [-0.2, -0.15) is 0 Å². The molecular formula is C51H93NO3. The minimum Gasteiger partial charge on any atom is -0.394 e.